The molecular weight excluding hydrogens is 198 g/mol. The van der Waals surface area contributed by atoms with Gasteiger partial charge in [-0.2, -0.15) is 0 Å². The number of nitrogens with two attached hydrogens (primary N) is 2. The van der Waals surface area contributed by atoms with E-state index in [9.17, 15) is 0 Å². The minimum Gasteiger partial charge on any atom is -0.371 e. The van der Waals surface area contributed by atoms with Crippen molar-refractivity contribution >= 4 is 5.69 Å². The van der Waals surface area contributed by atoms with Crippen LogP contribution in [0.2, 0.25) is 0 Å². The van der Waals surface area contributed by atoms with Crippen molar-refractivity contribution in [2.24, 2.45) is 16.9 Å². The first-order valence-electron chi connectivity index (χ1n) is 6.00. The molecule has 0 bridgehead atoms. The minimum absolute atomic E-state index is 0.186. The summed E-state index contributed by atoms with van der Waals surface area (Å²) < 4.78 is 0. The molecule has 1 aromatic rings. The van der Waals surface area contributed by atoms with E-state index >= 15 is 0 Å². The van der Waals surface area contributed by atoms with Gasteiger partial charge in [0, 0.05) is 18.8 Å². The van der Waals surface area contributed by atoms with Crippen molar-refractivity contribution in [3.63, 3.8) is 0 Å². The lowest BCUT2D eigenvalue weighted by atomic mass is 9.78. The van der Waals surface area contributed by atoms with Crippen molar-refractivity contribution in [1.29, 1.82) is 0 Å². The molecule has 1 aliphatic rings. The Kier molecular flexibility index (Phi) is 3.46. The standard InChI is InChI=1S/C13H21N3/c14-10-13(11-15)6-8-16(9-7-13)12-4-2-1-3-5-12/h1-5H,6-11,14-15H2. The van der Waals surface area contributed by atoms with E-state index < -0.39 is 0 Å². The molecule has 0 aliphatic carbocycles. The van der Waals surface area contributed by atoms with Crippen LogP contribution < -0.4 is 16.4 Å². The van der Waals surface area contributed by atoms with Gasteiger partial charge in [0.1, 0.15) is 0 Å². The normalized spacial score (nSPS) is 19.8. The molecule has 2 rings (SSSR count). The van der Waals surface area contributed by atoms with E-state index in [-0.39, 0.29) is 5.41 Å². The van der Waals surface area contributed by atoms with Crippen LogP contribution in [-0.2, 0) is 0 Å². The Bertz CT molecular complexity index is 309. The van der Waals surface area contributed by atoms with Crippen LogP contribution in [0.4, 0.5) is 5.69 Å². The average molecular weight is 219 g/mol. The van der Waals surface area contributed by atoms with Gasteiger partial charge in [0.05, 0.1) is 0 Å². The molecule has 1 aliphatic heterocycles. The molecular formula is C13H21N3. The summed E-state index contributed by atoms with van der Waals surface area (Å²) in [5.74, 6) is 0. The first-order chi connectivity index (χ1) is 7.79. The van der Waals surface area contributed by atoms with Crippen molar-refractivity contribution in [2.75, 3.05) is 31.1 Å². The summed E-state index contributed by atoms with van der Waals surface area (Å²) in [6.07, 6.45) is 2.21. The van der Waals surface area contributed by atoms with Gasteiger partial charge < -0.3 is 16.4 Å². The van der Waals surface area contributed by atoms with Gasteiger partial charge in [-0.05, 0) is 43.5 Å². The molecule has 0 atom stereocenters. The van der Waals surface area contributed by atoms with Crippen molar-refractivity contribution in [3.8, 4) is 0 Å². The van der Waals surface area contributed by atoms with Crippen LogP contribution in [-0.4, -0.2) is 26.2 Å². The van der Waals surface area contributed by atoms with E-state index in [0.717, 1.165) is 25.9 Å². The van der Waals surface area contributed by atoms with E-state index in [2.05, 4.69) is 35.2 Å². The highest BCUT2D eigenvalue weighted by Crippen LogP contribution is 2.31. The maximum atomic E-state index is 5.83. The fourth-order valence-corrected chi connectivity index (χ4v) is 2.37. The smallest absolute Gasteiger partial charge is 0.0366 e. The van der Waals surface area contributed by atoms with Crippen molar-refractivity contribution in [1.82, 2.24) is 0 Å². The largest absolute Gasteiger partial charge is 0.371 e. The topological polar surface area (TPSA) is 55.3 Å². The summed E-state index contributed by atoms with van der Waals surface area (Å²) >= 11 is 0. The predicted octanol–water partition coefficient (Wildman–Crippen LogP) is 1.19. The maximum absolute atomic E-state index is 5.83. The SMILES string of the molecule is NCC1(CN)CCN(c2ccccc2)CC1. The lowest BCUT2D eigenvalue weighted by Crippen LogP contribution is -2.47. The second-order valence-corrected chi connectivity index (χ2v) is 4.73. The van der Waals surface area contributed by atoms with Crippen LogP contribution in [0.15, 0.2) is 30.3 Å². The Morgan fingerprint density at radius 1 is 1.00 bits per heavy atom. The second-order valence-electron chi connectivity index (χ2n) is 4.73. The van der Waals surface area contributed by atoms with Crippen molar-refractivity contribution in [2.45, 2.75) is 12.8 Å². The number of benzene rings is 1. The molecule has 0 saturated carbocycles. The molecule has 88 valence electrons. The first-order valence-corrected chi connectivity index (χ1v) is 6.00. The van der Waals surface area contributed by atoms with Gasteiger partial charge in [0.15, 0.2) is 0 Å². The lowest BCUT2D eigenvalue weighted by Gasteiger charge is -2.41. The van der Waals surface area contributed by atoms with Crippen molar-refractivity contribution < 1.29 is 0 Å². The van der Waals surface area contributed by atoms with Gasteiger partial charge in [-0.3, -0.25) is 0 Å². The maximum Gasteiger partial charge on any atom is 0.0366 e. The molecule has 4 N–H and O–H groups in total. The molecule has 1 saturated heterocycles. The third-order valence-electron chi connectivity index (χ3n) is 3.81. The number of hydrogen-bond acceptors (Lipinski definition) is 3. The summed E-state index contributed by atoms with van der Waals surface area (Å²) in [5, 5.41) is 0. The average Bonchev–Trinajstić information content (AvgIpc) is 2.40. The number of hydrogen-bond donors (Lipinski definition) is 2. The highest BCUT2D eigenvalue weighted by molar-refractivity contribution is 5.46. The van der Waals surface area contributed by atoms with Gasteiger partial charge >= 0.3 is 0 Å². The van der Waals surface area contributed by atoms with Crippen LogP contribution in [0.5, 0.6) is 0 Å². The van der Waals surface area contributed by atoms with E-state index in [1.54, 1.807) is 0 Å². The third-order valence-corrected chi connectivity index (χ3v) is 3.81. The Balaban J connectivity index is 2.00. The molecule has 0 unspecified atom stereocenters. The quantitative estimate of drug-likeness (QED) is 0.803. The fraction of sp³-hybridized carbons (Fsp3) is 0.538. The number of nitrogens with zero attached hydrogens (tertiary/aromatic N) is 1. The van der Waals surface area contributed by atoms with Crippen LogP contribution in [0.1, 0.15) is 12.8 Å². The van der Waals surface area contributed by atoms with Gasteiger partial charge in [-0.15, -0.1) is 0 Å². The molecule has 1 aromatic carbocycles. The molecule has 3 heteroatoms. The van der Waals surface area contributed by atoms with E-state index in [4.69, 9.17) is 11.5 Å². The molecule has 0 aromatic heterocycles. The van der Waals surface area contributed by atoms with E-state index in [0.29, 0.717) is 13.1 Å². The zero-order valence-electron chi connectivity index (χ0n) is 9.73. The monoisotopic (exact) mass is 219 g/mol. The number of rotatable bonds is 3. The van der Waals surface area contributed by atoms with Crippen LogP contribution in [0, 0.1) is 5.41 Å². The summed E-state index contributed by atoms with van der Waals surface area (Å²) in [6.45, 7) is 3.56. The van der Waals surface area contributed by atoms with Gasteiger partial charge in [-0.25, -0.2) is 0 Å². The predicted molar refractivity (Wildman–Crippen MR) is 68.4 cm³/mol. The Morgan fingerprint density at radius 2 is 1.56 bits per heavy atom. The summed E-state index contributed by atoms with van der Waals surface area (Å²) in [6, 6.07) is 10.6. The molecule has 3 nitrogen and oxygen atoms in total. The Labute approximate surface area is 97.4 Å². The van der Waals surface area contributed by atoms with Crippen molar-refractivity contribution in [3.05, 3.63) is 30.3 Å². The number of anilines is 1. The molecule has 1 fully saturated rings. The van der Waals surface area contributed by atoms with E-state index in [1.807, 2.05) is 0 Å². The molecule has 16 heavy (non-hydrogen) atoms. The highest BCUT2D eigenvalue weighted by atomic mass is 15.1. The van der Waals surface area contributed by atoms with Gasteiger partial charge in [-0.1, -0.05) is 18.2 Å². The summed E-state index contributed by atoms with van der Waals surface area (Å²) in [5.41, 5.74) is 13.2. The second kappa shape index (κ2) is 4.85. The van der Waals surface area contributed by atoms with Crippen LogP contribution in [0.3, 0.4) is 0 Å². The minimum atomic E-state index is 0.186. The highest BCUT2D eigenvalue weighted by Gasteiger charge is 2.31. The Morgan fingerprint density at radius 3 is 2.06 bits per heavy atom. The van der Waals surface area contributed by atoms with Gasteiger partial charge in [0.2, 0.25) is 0 Å². The zero-order chi connectivity index (χ0) is 11.4. The first kappa shape index (κ1) is 11.4. The Hall–Kier alpha value is -1.06. The molecule has 0 spiro atoms. The van der Waals surface area contributed by atoms with E-state index in [1.165, 1.54) is 5.69 Å². The zero-order valence-corrected chi connectivity index (χ0v) is 9.73. The van der Waals surface area contributed by atoms with Gasteiger partial charge in [0.25, 0.3) is 0 Å². The number of piperidine rings is 1. The molecule has 0 radical (unpaired) electrons. The summed E-state index contributed by atoms with van der Waals surface area (Å²) in [7, 11) is 0. The fourth-order valence-electron chi connectivity index (χ4n) is 2.37. The molecule has 1 heterocycles. The van der Waals surface area contributed by atoms with Crippen LogP contribution in [0.25, 0.3) is 0 Å². The third kappa shape index (κ3) is 2.20. The summed E-state index contributed by atoms with van der Waals surface area (Å²) in [4.78, 5) is 2.42. The lowest BCUT2D eigenvalue weighted by molar-refractivity contribution is 0.238. The molecule has 0 amide bonds. The number of para-hydroxylation sites is 1. The van der Waals surface area contributed by atoms with Crippen LogP contribution >= 0.6 is 0 Å².